The van der Waals surface area contributed by atoms with E-state index in [0.717, 1.165) is 10.8 Å². The van der Waals surface area contributed by atoms with Gasteiger partial charge in [0.1, 0.15) is 11.5 Å². The third-order valence-corrected chi connectivity index (χ3v) is 7.26. The van der Waals surface area contributed by atoms with Crippen LogP contribution < -0.4 is 21.3 Å². The summed E-state index contributed by atoms with van der Waals surface area (Å²) < 4.78 is 30.0. The maximum atomic E-state index is 13.5. The second kappa shape index (κ2) is 9.22. The summed E-state index contributed by atoms with van der Waals surface area (Å²) >= 11 is 0. The number of pyridine rings is 1. The average Bonchev–Trinajstić information content (AvgIpc) is 2.83. The minimum absolute atomic E-state index is 0.0266. The van der Waals surface area contributed by atoms with Gasteiger partial charge in [-0.05, 0) is 54.5 Å². The maximum absolute atomic E-state index is 13.5. The number of hydrogen-bond donors (Lipinski definition) is 3. The first-order valence-electron chi connectivity index (χ1n) is 10.8. The number of carbonyl (C=O) groups is 1. The van der Waals surface area contributed by atoms with Gasteiger partial charge in [0.15, 0.2) is 0 Å². The average molecular weight is 492 g/mol. The van der Waals surface area contributed by atoms with E-state index in [4.69, 9.17) is 5.73 Å². The van der Waals surface area contributed by atoms with Gasteiger partial charge in [0.25, 0.3) is 15.6 Å². The molecule has 0 bridgehead atoms. The lowest BCUT2D eigenvalue weighted by Gasteiger charge is -2.27. The lowest BCUT2D eigenvalue weighted by Crippen LogP contribution is -2.37. The molecular weight excluding hydrogens is 466 g/mol. The first-order chi connectivity index (χ1) is 16.6. The van der Waals surface area contributed by atoms with E-state index in [0.29, 0.717) is 23.3 Å². The molecule has 4 N–H and O–H groups in total. The van der Waals surface area contributed by atoms with Gasteiger partial charge in [0.05, 0.1) is 16.6 Å². The van der Waals surface area contributed by atoms with E-state index in [2.05, 4.69) is 21.6 Å². The number of benzene rings is 2. The monoisotopic (exact) mass is 491 g/mol. The highest BCUT2D eigenvalue weighted by molar-refractivity contribution is 7.92. The van der Waals surface area contributed by atoms with Crippen LogP contribution in [0.3, 0.4) is 0 Å². The molecule has 1 aliphatic heterocycles. The Bertz CT molecular complexity index is 1580. The Kier molecular flexibility index (Phi) is 6.31. The largest absolute Gasteiger partial charge is 0.382 e. The van der Waals surface area contributed by atoms with Crippen molar-refractivity contribution >= 4 is 44.4 Å². The molecule has 1 amide bonds. The van der Waals surface area contributed by atoms with Crippen LogP contribution in [0.4, 0.5) is 5.69 Å². The minimum Gasteiger partial charge on any atom is -0.382 e. The summed E-state index contributed by atoms with van der Waals surface area (Å²) in [6, 6.07) is 14.8. The van der Waals surface area contributed by atoms with Crippen molar-refractivity contribution in [1.82, 2.24) is 9.88 Å². The number of rotatable bonds is 7. The van der Waals surface area contributed by atoms with Crippen molar-refractivity contribution in [2.75, 3.05) is 11.3 Å². The lowest BCUT2D eigenvalue weighted by molar-refractivity contribution is -0.109. The van der Waals surface area contributed by atoms with Crippen molar-refractivity contribution in [3.05, 3.63) is 88.4 Å². The number of anilines is 1. The normalized spacial score (nSPS) is 16.2. The third kappa shape index (κ3) is 4.47. The fraction of sp³-hybridized carbons (Fsp3) is 0.160. The molecule has 0 aliphatic carbocycles. The number of aryl methyl sites for hydroxylation is 1. The number of amides is 1. The number of sulfonamides is 1. The smallest absolute Gasteiger partial charge is 0.279 e. The van der Waals surface area contributed by atoms with Gasteiger partial charge < -0.3 is 11.1 Å². The maximum Gasteiger partial charge on any atom is 0.279 e. The summed E-state index contributed by atoms with van der Waals surface area (Å²) in [5, 5.41) is 4.24. The van der Waals surface area contributed by atoms with Gasteiger partial charge in [-0.15, -0.1) is 0 Å². The molecule has 0 fully saturated rings. The number of carbonyl (C=O) groups excluding carboxylic acids is 1. The molecule has 35 heavy (non-hydrogen) atoms. The molecule has 0 saturated heterocycles. The summed E-state index contributed by atoms with van der Waals surface area (Å²) in [4.78, 5) is 28.9. The molecule has 2 heterocycles. The summed E-state index contributed by atoms with van der Waals surface area (Å²) in [7, 11) is -4.07. The molecule has 3 aromatic rings. The van der Waals surface area contributed by atoms with Crippen LogP contribution in [0.15, 0.2) is 87.0 Å². The first-order valence-corrected chi connectivity index (χ1v) is 12.3. The van der Waals surface area contributed by atoms with Crippen LogP contribution >= 0.6 is 0 Å². The second-order valence-electron chi connectivity index (χ2n) is 8.18. The topological polar surface area (TPSA) is 136 Å². The molecule has 1 atom stereocenters. The van der Waals surface area contributed by atoms with Gasteiger partial charge in [0, 0.05) is 17.8 Å². The zero-order valence-corrected chi connectivity index (χ0v) is 20.1. The highest BCUT2D eigenvalue weighted by Gasteiger charge is 2.27. The molecule has 180 valence electrons. The number of nitrogens with zero attached hydrogens (tertiary/aromatic N) is 2. The quantitative estimate of drug-likeness (QED) is 0.436. The number of aromatic nitrogens is 1. The predicted octanol–water partition coefficient (Wildman–Crippen LogP) is 2.38. The molecule has 10 heteroatoms. The number of nitrogens with two attached hydrogens (primary N) is 1. The SMILES string of the molecule is C=C1C(CNC=O)=C(n2c(C)ccc(NS(=O)(=O)c3ccc4ccccc4c3)c2=O)C(N)=NC1C. The number of nitrogens with one attached hydrogen (secondary N) is 2. The van der Waals surface area contributed by atoms with Crippen LogP contribution in [0.2, 0.25) is 0 Å². The number of fused-ring (bicyclic) bond motifs is 1. The molecular formula is C25H25N5O4S. The van der Waals surface area contributed by atoms with E-state index in [9.17, 15) is 18.0 Å². The van der Waals surface area contributed by atoms with E-state index in [1.165, 1.54) is 16.7 Å². The van der Waals surface area contributed by atoms with E-state index >= 15 is 0 Å². The van der Waals surface area contributed by atoms with Crippen molar-refractivity contribution in [2.24, 2.45) is 10.7 Å². The second-order valence-corrected chi connectivity index (χ2v) is 9.87. The Labute approximate surface area is 202 Å². The Morgan fingerprint density at radius 2 is 1.86 bits per heavy atom. The molecule has 1 aliphatic rings. The van der Waals surface area contributed by atoms with Crippen LogP contribution in [0, 0.1) is 6.92 Å². The van der Waals surface area contributed by atoms with E-state index < -0.39 is 15.6 Å². The van der Waals surface area contributed by atoms with Crippen LogP contribution in [0.1, 0.15) is 12.6 Å². The molecule has 0 spiro atoms. The number of dihydropyridines is 1. The summed E-state index contributed by atoms with van der Waals surface area (Å²) in [6.45, 7) is 7.61. The molecule has 0 radical (unpaired) electrons. The van der Waals surface area contributed by atoms with Crippen LogP contribution in [0.25, 0.3) is 16.5 Å². The van der Waals surface area contributed by atoms with Crippen LogP contribution in [-0.2, 0) is 14.8 Å². The standard InChI is InChI=1S/C25H25N5O4S/c1-15-8-11-22(29-35(33,34)20-10-9-18-6-4-5-7-19(18)12-20)25(32)30(15)23-21(13-27-14-31)16(2)17(3)28-24(23)26/h4-12,14,17,29H,2,13H2,1,3H3,(H2,26,28)(H,27,31). The Morgan fingerprint density at radius 3 is 2.57 bits per heavy atom. The molecule has 2 aromatic carbocycles. The Balaban J connectivity index is 1.82. The van der Waals surface area contributed by atoms with Crippen molar-refractivity contribution in [3.63, 3.8) is 0 Å². The van der Waals surface area contributed by atoms with E-state index in [1.807, 2.05) is 24.3 Å². The van der Waals surface area contributed by atoms with E-state index in [-0.39, 0.29) is 34.7 Å². The molecule has 0 saturated carbocycles. The van der Waals surface area contributed by atoms with Gasteiger partial charge in [-0.25, -0.2) is 8.42 Å². The van der Waals surface area contributed by atoms with Crippen molar-refractivity contribution in [1.29, 1.82) is 0 Å². The Hall–Kier alpha value is -4.18. The summed E-state index contributed by atoms with van der Waals surface area (Å²) in [6.07, 6.45) is 0.536. The predicted molar refractivity (Wildman–Crippen MR) is 138 cm³/mol. The van der Waals surface area contributed by atoms with Crippen LogP contribution in [-0.4, -0.2) is 37.8 Å². The van der Waals surface area contributed by atoms with Gasteiger partial charge in [0.2, 0.25) is 6.41 Å². The van der Waals surface area contributed by atoms with Gasteiger partial charge >= 0.3 is 0 Å². The summed E-state index contributed by atoms with van der Waals surface area (Å²) in [5.74, 6) is 0.0901. The molecule has 1 aromatic heterocycles. The Morgan fingerprint density at radius 1 is 1.14 bits per heavy atom. The number of amidine groups is 1. The zero-order valence-electron chi connectivity index (χ0n) is 19.3. The van der Waals surface area contributed by atoms with Crippen molar-refractivity contribution in [3.8, 4) is 0 Å². The summed E-state index contributed by atoms with van der Waals surface area (Å²) in [5.41, 5.74) is 7.33. The van der Waals surface area contributed by atoms with Gasteiger partial charge in [-0.3, -0.25) is 23.9 Å². The van der Waals surface area contributed by atoms with Crippen molar-refractivity contribution in [2.45, 2.75) is 24.8 Å². The fourth-order valence-corrected chi connectivity index (χ4v) is 5.11. The first kappa shape index (κ1) is 24.0. The minimum atomic E-state index is -4.07. The molecule has 4 rings (SSSR count). The lowest BCUT2D eigenvalue weighted by atomic mass is 9.95. The molecule has 1 unspecified atom stereocenters. The number of hydrogen-bond acceptors (Lipinski definition) is 6. The highest BCUT2D eigenvalue weighted by atomic mass is 32.2. The van der Waals surface area contributed by atoms with E-state index in [1.54, 1.807) is 32.0 Å². The third-order valence-electron chi connectivity index (χ3n) is 5.89. The fourth-order valence-electron chi connectivity index (χ4n) is 4.02. The van der Waals surface area contributed by atoms with Gasteiger partial charge in [-0.2, -0.15) is 0 Å². The van der Waals surface area contributed by atoms with Crippen LogP contribution in [0.5, 0.6) is 0 Å². The zero-order chi connectivity index (χ0) is 25.3. The number of aliphatic imine (C=N–C) groups is 1. The highest BCUT2D eigenvalue weighted by Crippen LogP contribution is 2.27. The van der Waals surface area contributed by atoms with Crippen molar-refractivity contribution < 1.29 is 13.2 Å². The van der Waals surface area contributed by atoms with Gasteiger partial charge in [-0.1, -0.05) is 36.9 Å². The molecule has 9 nitrogen and oxygen atoms in total.